The van der Waals surface area contributed by atoms with E-state index in [1.54, 1.807) is 12.1 Å². The quantitative estimate of drug-likeness (QED) is 0.108. The maximum Gasteiger partial charge on any atom is 1.00 e. The van der Waals surface area contributed by atoms with E-state index in [-0.39, 0.29) is 24.6 Å². The maximum absolute atomic E-state index is 12.7. The van der Waals surface area contributed by atoms with Crippen molar-refractivity contribution in [2.24, 2.45) is 0 Å². The van der Waals surface area contributed by atoms with E-state index in [1.165, 1.54) is 66.1 Å². The molecule has 9 rings (SSSR count). The molecular weight excluding hydrogens is 627 g/mol. The number of nitrogens with zero attached hydrogens (tertiary/aromatic N) is 1. The van der Waals surface area contributed by atoms with Crippen LogP contribution in [0.1, 0.15) is 22.3 Å². The first-order valence-corrected chi connectivity index (χ1v) is 17.5. The number of para-hydroxylation sites is 1. The van der Waals surface area contributed by atoms with Crippen molar-refractivity contribution >= 4 is 43.4 Å². The molecule has 0 aliphatic carbocycles. The molecular formula is C48H36LiN2O+. The zero-order chi connectivity index (χ0) is 34.8. The van der Waals surface area contributed by atoms with Gasteiger partial charge < -0.3 is 5.11 Å². The Morgan fingerprint density at radius 3 is 1.75 bits per heavy atom. The average molecular weight is 664 g/mol. The number of aromatic nitrogens is 2. The van der Waals surface area contributed by atoms with Crippen molar-refractivity contribution in [3.05, 3.63) is 162 Å². The zero-order valence-corrected chi connectivity index (χ0v) is 30.1. The number of aromatic amines is 1. The molecule has 0 saturated heterocycles. The third-order valence-electron chi connectivity index (χ3n) is 10.3. The van der Waals surface area contributed by atoms with Crippen molar-refractivity contribution in [3.8, 4) is 50.5 Å². The van der Waals surface area contributed by atoms with Crippen LogP contribution in [-0.2, 0) is 0 Å². The molecule has 0 spiro atoms. The number of hydrogen-bond donors (Lipinski definition) is 0. The van der Waals surface area contributed by atoms with Crippen molar-refractivity contribution in [2.75, 3.05) is 0 Å². The normalized spacial score (nSPS) is 11.4. The first-order valence-electron chi connectivity index (χ1n) is 17.5. The molecule has 0 bridgehead atoms. The minimum Gasteiger partial charge on any atom is -0.872 e. The van der Waals surface area contributed by atoms with Crippen molar-refractivity contribution in [3.63, 3.8) is 0 Å². The Kier molecular flexibility index (Phi) is 8.43. The van der Waals surface area contributed by atoms with Crippen LogP contribution in [0, 0.1) is 27.7 Å². The van der Waals surface area contributed by atoms with Gasteiger partial charge in [-0.25, -0.2) is 9.97 Å². The molecule has 0 saturated carbocycles. The summed E-state index contributed by atoms with van der Waals surface area (Å²) < 4.78 is 0. The molecule has 0 aliphatic rings. The van der Waals surface area contributed by atoms with Crippen LogP contribution in [0.4, 0.5) is 0 Å². The van der Waals surface area contributed by atoms with Gasteiger partial charge in [-0.15, -0.1) is 0 Å². The maximum atomic E-state index is 12.7. The summed E-state index contributed by atoms with van der Waals surface area (Å²) in [5, 5.41) is 19.8. The van der Waals surface area contributed by atoms with Gasteiger partial charge in [-0.05, 0) is 107 Å². The summed E-state index contributed by atoms with van der Waals surface area (Å²) in [4.78, 5) is 8.87. The number of aryl methyl sites for hydroxylation is 4. The number of fused-ring (bicyclic) bond motifs is 5. The summed E-state index contributed by atoms with van der Waals surface area (Å²) in [6.07, 6.45) is 0. The fourth-order valence-corrected chi connectivity index (χ4v) is 8.00. The van der Waals surface area contributed by atoms with Crippen LogP contribution in [0.15, 0.2) is 140 Å². The standard InChI is InChI=1S/C48H36N2O.Li/c1-28-15-21-37-39(24-28)45(32-10-6-5-7-11-32)36-20-14-29(2)25-40(36)46(37)35-26-30(3)44(31(4)27-35)42-23-19-34-17-16-33-18-22-41(49-47(33)48(34)50-42)38-12-8-9-13-43(38)51;/h5-27,51H,1-4H3;/q;+1. The number of rotatable bonds is 4. The van der Waals surface area contributed by atoms with Gasteiger partial charge in [0.15, 0.2) is 0 Å². The third kappa shape index (κ3) is 5.55. The minimum atomic E-state index is -0.00566. The van der Waals surface area contributed by atoms with E-state index in [9.17, 15) is 5.11 Å². The van der Waals surface area contributed by atoms with E-state index in [0.717, 1.165) is 38.8 Å². The molecule has 0 amide bonds. The zero-order valence-electron chi connectivity index (χ0n) is 30.1. The average Bonchev–Trinajstić information content (AvgIpc) is 3.14. The molecule has 244 valence electrons. The Bertz CT molecular complexity index is 2840. The van der Waals surface area contributed by atoms with Crippen LogP contribution < -0.4 is 29.0 Å². The molecule has 9 aromatic rings. The Morgan fingerprint density at radius 1 is 0.500 bits per heavy atom. The summed E-state index contributed by atoms with van der Waals surface area (Å²) in [6, 6.07) is 48.9. The number of benzene rings is 7. The second-order valence-electron chi connectivity index (χ2n) is 13.9. The van der Waals surface area contributed by atoms with Gasteiger partial charge in [0.2, 0.25) is 11.2 Å². The largest absolute Gasteiger partial charge is 1.00 e. The van der Waals surface area contributed by atoms with E-state index in [1.807, 2.05) is 18.2 Å². The Labute approximate surface area is 315 Å². The Balaban J connectivity index is 0.00000387. The number of hydrogen-bond acceptors (Lipinski definition) is 2. The van der Waals surface area contributed by atoms with Gasteiger partial charge in [-0.1, -0.05) is 126 Å². The van der Waals surface area contributed by atoms with Crippen molar-refractivity contribution in [1.82, 2.24) is 4.98 Å². The van der Waals surface area contributed by atoms with Crippen LogP contribution in [-0.4, -0.2) is 4.98 Å². The minimum absolute atomic E-state index is 0. The number of H-pyrrole nitrogens is 1. The fourth-order valence-electron chi connectivity index (χ4n) is 8.00. The van der Waals surface area contributed by atoms with Crippen LogP contribution in [0.3, 0.4) is 0 Å². The van der Waals surface area contributed by atoms with E-state index < -0.39 is 0 Å². The topological polar surface area (TPSA) is 50.1 Å². The summed E-state index contributed by atoms with van der Waals surface area (Å²) >= 11 is 0. The SMILES string of the molecule is Cc1ccc2c(-c3cc(C)c(-c4ccc5ccc6ccc(-c7ccccc7[O-])[nH+]c6c5n4)c(C)c3)c3cc(C)ccc3c(-c3ccccc3)c2c1.[Li+]. The molecule has 0 aliphatic heterocycles. The molecule has 4 heteroatoms. The summed E-state index contributed by atoms with van der Waals surface area (Å²) in [6.45, 7) is 8.76. The van der Waals surface area contributed by atoms with Crippen LogP contribution in [0.2, 0.25) is 0 Å². The van der Waals surface area contributed by atoms with Crippen molar-refractivity contribution < 1.29 is 29.0 Å². The predicted octanol–water partition coefficient (Wildman–Crippen LogP) is 8.49. The van der Waals surface area contributed by atoms with Gasteiger partial charge in [0.1, 0.15) is 5.52 Å². The first kappa shape index (κ1) is 33.4. The van der Waals surface area contributed by atoms with Gasteiger partial charge in [0.25, 0.3) is 0 Å². The third-order valence-corrected chi connectivity index (χ3v) is 10.3. The van der Waals surface area contributed by atoms with Gasteiger partial charge in [0.05, 0.1) is 5.69 Å². The van der Waals surface area contributed by atoms with Crippen molar-refractivity contribution in [1.29, 1.82) is 0 Å². The molecule has 0 fully saturated rings. The Hall–Kier alpha value is -5.72. The second-order valence-corrected chi connectivity index (χ2v) is 13.9. The van der Waals surface area contributed by atoms with Gasteiger partial charge in [-0.3, -0.25) is 0 Å². The molecule has 1 N–H and O–H groups in total. The van der Waals surface area contributed by atoms with Crippen LogP contribution >= 0.6 is 0 Å². The van der Waals surface area contributed by atoms with Gasteiger partial charge in [0, 0.05) is 28.0 Å². The van der Waals surface area contributed by atoms with Gasteiger partial charge in [-0.2, -0.15) is 0 Å². The molecule has 2 aromatic heterocycles. The summed E-state index contributed by atoms with van der Waals surface area (Å²) in [7, 11) is 0. The molecule has 0 unspecified atom stereocenters. The molecule has 0 radical (unpaired) electrons. The van der Waals surface area contributed by atoms with E-state index >= 15 is 0 Å². The van der Waals surface area contributed by atoms with E-state index in [0.29, 0.717) is 5.56 Å². The van der Waals surface area contributed by atoms with Crippen LogP contribution in [0.25, 0.3) is 88.1 Å². The monoisotopic (exact) mass is 663 g/mol. The Morgan fingerprint density at radius 2 is 1.08 bits per heavy atom. The molecule has 3 nitrogen and oxygen atoms in total. The predicted molar refractivity (Wildman–Crippen MR) is 211 cm³/mol. The second kappa shape index (κ2) is 13.1. The fraction of sp³-hybridized carbons (Fsp3) is 0.0833. The molecule has 0 atom stereocenters. The van der Waals surface area contributed by atoms with Crippen molar-refractivity contribution in [2.45, 2.75) is 27.7 Å². The molecule has 52 heavy (non-hydrogen) atoms. The van der Waals surface area contributed by atoms with Gasteiger partial charge >= 0.3 is 18.9 Å². The first-order chi connectivity index (χ1) is 24.8. The summed E-state index contributed by atoms with van der Waals surface area (Å²) in [5.41, 5.74) is 15.1. The molecule has 7 aromatic carbocycles. The summed E-state index contributed by atoms with van der Waals surface area (Å²) in [5.74, 6) is -0.00566. The van der Waals surface area contributed by atoms with E-state index in [2.05, 4.69) is 142 Å². The number of nitrogens with one attached hydrogen (secondary N) is 1. The number of pyridine rings is 2. The smallest absolute Gasteiger partial charge is 0.872 e. The van der Waals surface area contributed by atoms with Crippen LogP contribution in [0.5, 0.6) is 5.75 Å². The van der Waals surface area contributed by atoms with E-state index in [4.69, 9.17) is 4.98 Å². The molecule has 2 heterocycles.